The number of aromatic nitrogens is 1. The highest BCUT2D eigenvalue weighted by atomic mass is 32.1. The minimum Gasteiger partial charge on any atom is -0.385 e. The minimum absolute atomic E-state index is 0.0872. The molecule has 1 saturated heterocycles. The van der Waals surface area contributed by atoms with Crippen molar-refractivity contribution in [2.45, 2.75) is 38.4 Å². The van der Waals surface area contributed by atoms with E-state index in [9.17, 15) is 18.0 Å². The molecule has 1 fully saturated rings. The number of benzene rings is 1. The molecule has 0 radical (unpaired) electrons. The number of nitrogens with zero attached hydrogens (tertiary/aromatic N) is 2. The van der Waals surface area contributed by atoms with Gasteiger partial charge in [-0.3, -0.25) is 10.2 Å². The first kappa shape index (κ1) is 24.8. The molecular formula is C24H27F3N6OS. The number of hydrogen-bond donors (Lipinski definition) is 4. The Balaban J connectivity index is 1.59. The molecule has 1 aromatic heterocycles. The van der Waals surface area contributed by atoms with Crippen molar-refractivity contribution in [2.24, 2.45) is 11.7 Å². The second-order valence-electron chi connectivity index (χ2n) is 8.60. The number of nitrogens with two attached hydrogens (primary N) is 1. The normalized spacial score (nSPS) is 20.9. The third-order valence-electron chi connectivity index (χ3n) is 6.31. The van der Waals surface area contributed by atoms with E-state index in [1.54, 1.807) is 23.1 Å². The number of piperidine rings is 1. The van der Waals surface area contributed by atoms with Crippen LogP contribution in [0.15, 0.2) is 54.0 Å². The third-order valence-corrected chi connectivity index (χ3v) is 7.39. The number of amides is 1. The van der Waals surface area contributed by atoms with Crippen LogP contribution in [-0.4, -0.2) is 34.7 Å². The fraction of sp³-hybridized carbons (Fsp3) is 0.375. The molecule has 2 aromatic rings. The van der Waals surface area contributed by atoms with Crippen LogP contribution in [0.25, 0.3) is 10.2 Å². The van der Waals surface area contributed by atoms with E-state index in [1.807, 2.05) is 19.1 Å². The summed E-state index contributed by atoms with van der Waals surface area (Å²) in [5.74, 6) is -0.115. The number of rotatable bonds is 4. The highest BCUT2D eigenvalue weighted by Crippen LogP contribution is 2.39. The van der Waals surface area contributed by atoms with E-state index in [4.69, 9.17) is 11.1 Å². The summed E-state index contributed by atoms with van der Waals surface area (Å²) in [5, 5.41) is 13.6. The van der Waals surface area contributed by atoms with Crippen molar-refractivity contribution < 1.29 is 18.0 Å². The van der Waals surface area contributed by atoms with Crippen molar-refractivity contribution in [1.82, 2.24) is 20.5 Å². The molecule has 2 atom stereocenters. The summed E-state index contributed by atoms with van der Waals surface area (Å²) >= 11 is 0.603. The molecule has 5 N–H and O–H groups in total. The van der Waals surface area contributed by atoms with Crippen LogP contribution in [0.5, 0.6) is 0 Å². The average molecular weight is 505 g/mol. The summed E-state index contributed by atoms with van der Waals surface area (Å²) < 4.78 is 39.8. The second kappa shape index (κ2) is 9.73. The minimum atomic E-state index is -4.50. The molecule has 0 unspecified atom stereocenters. The number of thiazole rings is 1. The quantitative estimate of drug-likeness (QED) is 0.280. The van der Waals surface area contributed by atoms with Crippen molar-refractivity contribution in [3.8, 4) is 0 Å². The molecule has 7 nitrogen and oxygen atoms in total. The van der Waals surface area contributed by atoms with Gasteiger partial charge < -0.3 is 21.3 Å². The van der Waals surface area contributed by atoms with Gasteiger partial charge in [-0.1, -0.05) is 19.1 Å². The number of fused-ring (bicyclic) bond motifs is 1. The molecule has 0 bridgehead atoms. The van der Waals surface area contributed by atoms with Gasteiger partial charge in [-0.15, -0.1) is 17.9 Å². The standard InChI is InChI=1S/C24H27F3N6OS/c1-3-13-5-7-18(15-6-8-19-17(10-15)32-23(35-19)24(25,26)27)33(12-13)21(29)22(34)31-16-9-14(4-2)20(28)30-11-16/h3,6,8-10,13,18,29-30H,1,4-5,7,11-12,28H2,2H3,(H,31,34)/t13-,18+/m1/s1. The predicted octanol–water partition coefficient (Wildman–Crippen LogP) is 4.42. The Kier molecular flexibility index (Phi) is 6.88. The molecule has 2 aliphatic rings. The van der Waals surface area contributed by atoms with Crippen LogP contribution in [0.4, 0.5) is 13.2 Å². The van der Waals surface area contributed by atoms with Gasteiger partial charge in [0.2, 0.25) is 0 Å². The summed E-state index contributed by atoms with van der Waals surface area (Å²) in [6.45, 7) is 6.57. The first-order chi connectivity index (χ1) is 16.6. The predicted molar refractivity (Wildman–Crippen MR) is 130 cm³/mol. The van der Waals surface area contributed by atoms with Crippen LogP contribution >= 0.6 is 11.3 Å². The van der Waals surface area contributed by atoms with Gasteiger partial charge in [0, 0.05) is 12.2 Å². The smallest absolute Gasteiger partial charge is 0.385 e. The fourth-order valence-corrected chi connectivity index (χ4v) is 5.22. The lowest BCUT2D eigenvalue weighted by Crippen LogP contribution is -2.48. The second-order valence-corrected chi connectivity index (χ2v) is 9.63. The van der Waals surface area contributed by atoms with E-state index in [0.29, 0.717) is 53.5 Å². The lowest BCUT2D eigenvalue weighted by atomic mass is 9.88. The van der Waals surface area contributed by atoms with Gasteiger partial charge in [0.15, 0.2) is 10.8 Å². The van der Waals surface area contributed by atoms with Crippen LogP contribution in [-0.2, 0) is 11.0 Å². The Morgan fingerprint density at radius 3 is 2.89 bits per heavy atom. The summed E-state index contributed by atoms with van der Waals surface area (Å²) in [7, 11) is 0. The van der Waals surface area contributed by atoms with Crippen molar-refractivity contribution >= 4 is 33.3 Å². The van der Waals surface area contributed by atoms with E-state index in [0.717, 1.165) is 17.6 Å². The molecule has 4 rings (SSSR count). The number of hydrogen-bond acceptors (Lipinski definition) is 6. The van der Waals surface area contributed by atoms with Crippen LogP contribution < -0.4 is 16.4 Å². The monoisotopic (exact) mass is 504 g/mol. The summed E-state index contributed by atoms with van der Waals surface area (Å²) in [5.41, 5.74) is 8.39. The van der Waals surface area contributed by atoms with Gasteiger partial charge in [0.25, 0.3) is 5.91 Å². The van der Waals surface area contributed by atoms with Gasteiger partial charge in [0.1, 0.15) is 0 Å². The van der Waals surface area contributed by atoms with Gasteiger partial charge in [0.05, 0.1) is 28.6 Å². The van der Waals surface area contributed by atoms with Crippen LogP contribution in [0, 0.1) is 11.3 Å². The number of carbonyl (C=O) groups excluding carboxylic acids is 1. The van der Waals surface area contributed by atoms with Gasteiger partial charge in [-0.25, -0.2) is 4.98 Å². The molecule has 35 heavy (non-hydrogen) atoms. The highest BCUT2D eigenvalue weighted by Gasteiger charge is 2.36. The number of carbonyl (C=O) groups is 1. The van der Waals surface area contributed by atoms with Crippen molar-refractivity contribution in [3.05, 3.63) is 64.6 Å². The maximum atomic E-state index is 13.1. The molecule has 3 heterocycles. The maximum Gasteiger partial charge on any atom is 0.443 e. The number of likely N-dealkylation sites (tertiary alicyclic amines) is 1. The Hall–Kier alpha value is -3.34. The number of allylic oxidation sites excluding steroid dienone is 2. The van der Waals surface area contributed by atoms with Gasteiger partial charge in [-0.2, -0.15) is 13.2 Å². The largest absolute Gasteiger partial charge is 0.443 e. The number of alkyl halides is 3. The lowest BCUT2D eigenvalue weighted by molar-refractivity contribution is -0.137. The number of dihydropyridines is 1. The van der Waals surface area contributed by atoms with E-state index in [1.165, 1.54) is 0 Å². The lowest BCUT2D eigenvalue weighted by Gasteiger charge is -2.40. The van der Waals surface area contributed by atoms with Crippen molar-refractivity contribution in [3.63, 3.8) is 0 Å². The summed E-state index contributed by atoms with van der Waals surface area (Å²) in [4.78, 5) is 18.5. The zero-order valence-corrected chi connectivity index (χ0v) is 20.0. The first-order valence-electron chi connectivity index (χ1n) is 11.3. The van der Waals surface area contributed by atoms with E-state index in [-0.39, 0.29) is 23.3 Å². The Bertz CT molecular complexity index is 1230. The maximum absolute atomic E-state index is 13.1. The van der Waals surface area contributed by atoms with Crippen LogP contribution in [0.3, 0.4) is 0 Å². The van der Waals surface area contributed by atoms with Crippen molar-refractivity contribution in [2.75, 3.05) is 13.1 Å². The molecular weight excluding hydrogens is 477 g/mol. The molecule has 0 spiro atoms. The Morgan fingerprint density at radius 1 is 1.43 bits per heavy atom. The number of halogens is 3. The van der Waals surface area contributed by atoms with Gasteiger partial charge >= 0.3 is 6.18 Å². The first-order valence-corrected chi connectivity index (χ1v) is 12.1. The molecule has 0 saturated carbocycles. The number of amidine groups is 1. The molecule has 0 aliphatic carbocycles. The third kappa shape index (κ3) is 5.19. The fourth-order valence-electron chi connectivity index (χ4n) is 4.41. The van der Waals surface area contributed by atoms with Crippen LogP contribution in [0.2, 0.25) is 0 Å². The Morgan fingerprint density at radius 2 is 2.20 bits per heavy atom. The van der Waals surface area contributed by atoms with Gasteiger partial charge in [-0.05, 0) is 54.5 Å². The molecule has 11 heteroatoms. The topological polar surface area (TPSA) is 107 Å². The zero-order valence-electron chi connectivity index (χ0n) is 19.2. The van der Waals surface area contributed by atoms with Crippen LogP contribution in [0.1, 0.15) is 42.8 Å². The summed E-state index contributed by atoms with van der Waals surface area (Å²) in [6, 6.07) is 4.67. The van der Waals surface area contributed by atoms with E-state index >= 15 is 0 Å². The number of nitrogens with one attached hydrogen (secondary N) is 3. The molecule has 186 valence electrons. The molecule has 1 amide bonds. The average Bonchev–Trinajstić information content (AvgIpc) is 3.28. The molecule has 1 aromatic carbocycles. The zero-order chi connectivity index (χ0) is 25.3. The Labute approximate surface area is 205 Å². The summed E-state index contributed by atoms with van der Waals surface area (Å²) in [6.07, 6.45) is 1.23. The molecule has 2 aliphatic heterocycles. The van der Waals surface area contributed by atoms with E-state index < -0.39 is 17.1 Å². The van der Waals surface area contributed by atoms with Crippen molar-refractivity contribution in [1.29, 1.82) is 5.41 Å². The van der Waals surface area contributed by atoms with E-state index in [2.05, 4.69) is 22.2 Å². The SMILES string of the molecule is C=C[C@@H]1CC[C@@H](c2ccc3sc(C(F)(F)F)nc3c2)N(C(=N)C(=O)NC2=CC(CC)=C(N)NC2)C1. The highest BCUT2D eigenvalue weighted by molar-refractivity contribution is 7.18.